The lowest BCUT2D eigenvalue weighted by atomic mass is 10.2. The number of hydrogen-bond acceptors (Lipinski definition) is 3. The number of hydrogen-bond donors (Lipinski definition) is 1. The van der Waals surface area contributed by atoms with Crippen molar-refractivity contribution in [3.8, 4) is 0 Å². The minimum Gasteiger partial charge on any atom is -0.388 e. The summed E-state index contributed by atoms with van der Waals surface area (Å²) in [4.78, 5) is 0. The molecule has 1 rings (SSSR count). The second-order valence-corrected chi connectivity index (χ2v) is 5.16. The SMILES string of the molecule is CNc1ccc(CS(C)(=O)=O)cc1. The van der Waals surface area contributed by atoms with Crippen LogP contribution in [0.1, 0.15) is 5.56 Å². The third-order valence-corrected chi connectivity index (χ3v) is 2.53. The number of nitrogens with one attached hydrogen (secondary N) is 1. The van der Waals surface area contributed by atoms with Gasteiger partial charge in [0.2, 0.25) is 0 Å². The van der Waals surface area contributed by atoms with Crippen LogP contribution < -0.4 is 5.32 Å². The molecule has 0 heterocycles. The van der Waals surface area contributed by atoms with Crippen molar-refractivity contribution in [1.29, 1.82) is 0 Å². The van der Waals surface area contributed by atoms with Gasteiger partial charge < -0.3 is 5.32 Å². The lowest BCUT2D eigenvalue weighted by Gasteiger charge is -2.01. The van der Waals surface area contributed by atoms with Crippen LogP contribution in [-0.4, -0.2) is 21.7 Å². The quantitative estimate of drug-likeness (QED) is 0.797. The van der Waals surface area contributed by atoms with E-state index in [-0.39, 0.29) is 5.75 Å². The van der Waals surface area contributed by atoms with Crippen LogP contribution in [0.5, 0.6) is 0 Å². The highest BCUT2D eigenvalue weighted by Gasteiger charge is 2.03. The highest BCUT2D eigenvalue weighted by atomic mass is 32.2. The van der Waals surface area contributed by atoms with E-state index in [2.05, 4.69) is 5.32 Å². The van der Waals surface area contributed by atoms with Crippen LogP contribution in [0.15, 0.2) is 24.3 Å². The van der Waals surface area contributed by atoms with Crippen LogP contribution in [0, 0.1) is 0 Å². The lowest BCUT2D eigenvalue weighted by molar-refractivity contribution is 0.601. The van der Waals surface area contributed by atoms with Crippen molar-refractivity contribution in [3.63, 3.8) is 0 Å². The van der Waals surface area contributed by atoms with Gasteiger partial charge in [-0.2, -0.15) is 0 Å². The van der Waals surface area contributed by atoms with E-state index < -0.39 is 9.84 Å². The first-order chi connectivity index (χ1) is 6.01. The Morgan fingerprint density at radius 3 is 2.15 bits per heavy atom. The molecule has 0 aliphatic carbocycles. The minimum absolute atomic E-state index is 0.108. The first-order valence-electron chi connectivity index (χ1n) is 3.96. The summed E-state index contributed by atoms with van der Waals surface area (Å²) in [5.74, 6) is 0.108. The molecule has 0 saturated carbocycles. The summed E-state index contributed by atoms with van der Waals surface area (Å²) in [6.45, 7) is 0. The Bertz CT molecular complexity index is 367. The van der Waals surface area contributed by atoms with Gasteiger partial charge in [-0.05, 0) is 17.7 Å². The molecule has 0 fully saturated rings. The molecule has 0 aliphatic rings. The monoisotopic (exact) mass is 199 g/mol. The Balaban J connectivity index is 2.81. The molecular formula is C9H13NO2S. The molecular weight excluding hydrogens is 186 g/mol. The molecule has 0 aromatic heterocycles. The fourth-order valence-corrected chi connectivity index (χ4v) is 1.87. The molecule has 0 saturated heterocycles. The number of anilines is 1. The molecule has 1 N–H and O–H groups in total. The second-order valence-electron chi connectivity index (χ2n) is 3.02. The van der Waals surface area contributed by atoms with Crippen molar-refractivity contribution in [2.24, 2.45) is 0 Å². The number of benzene rings is 1. The van der Waals surface area contributed by atoms with Gasteiger partial charge in [0.1, 0.15) is 0 Å². The van der Waals surface area contributed by atoms with Crippen molar-refractivity contribution < 1.29 is 8.42 Å². The molecule has 0 radical (unpaired) electrons. The van der Waals surface area contributed by atoms with Gasteiger partial charge in [-0.1, -0.05) is 12.1 Å². The van der Waals surface area contributed by atoms with Gasteiger partial charge in [0.25, 0.3) is 0 Å². The van der Waals surface area contributed by atoms with E-state index in [1.54, 1.807) is 0 Å². The Morgan fingerprint density at radius 2 is 1.77 bits per heavy atom. The van der Waals surface area contributed by atoms with Gasteiger partial charge in [-0.3, -0.25) is 0 Å². The average molecular weight is 199 g/mol. The van der Waals surface area contributed by atoms with E-state index >= 15 is 0 Å². The van der Waals surface area contributed by atoms with Gasteiger partial charge in [0.05, 0.1) is 5.75 Å². The van der Waals surface area contributed by atoms with Crippen LogP contribution in [0.4, 0.5) is 5.69 Å². The summed E-state index contributed by atoms with van der Waals surface area (Å²) in [5, 5.41) is 2.97. The molecule has 0 bridgehead atoms. The van der Waals surface area contributed by atoms with Crippen molar-refractivity contribution in [2.45, 2.75) is 5.75 Å². The van der Waals surface area contributed by atoms with Crippen LogP contribution in [-0.2, 0) is 15.6 Å². The Labute approximate surface area is 78.7 Å². The van der Waals surface area contributed by atoms with Gasteiger partial charge in [0.15, 0.2) is 9.84 Å². The third kappa shape index (κ3) is 3.46. The van der Waals surface area contributed by atoms with Crippen LogP contribution >= 0.6 is 0 Å². The summed E-state index contributed by atoms with van der Waals surface area (Å²) in [6, 6.07) is 7.35. The average Bonchev–Trinajstić information content (AvgIpc) is 2.03. The van der Waals surface area contributed by atoms with Gasteiger partial charge in [0, 0.05) is 19.0 Å². The zero-order valence-electron chi connectivity index (χ0n) is 7.74. The highest BCUT2D eigenvalue weighted by molar-refractivity contribution is 7.89. The molecule has 0 amide bonds. The Kier molecular flexibility index (Phi) is 2.93. The lowest BCUT2D eigenvalue weighted by Crippen LogP contribution is -2.00. The summed E-state index contributed by atoms with van der Waals surface area (Å²) in [6.07, 6.45) is 1.24. The molecule has 0 atom stereocenters. The summed E-state index contributed by atoms with van der Waals surface area (Å²) >= 11 is 0. The van der Waals surface area contributed by atoms with E-state index in [0.717, 1.165) is 11.3 Å². The predicted molar refractivity (Wildman–Crippen MR) is 54.5 cm³/mol. The first kappa shape index (κ1) is 10.1. The van der Waals surface area contributed by atoms with Crippen LogP contribution in [0.2, 0.25) is 0 Å². The van der Waals surface area contributed by atoms with Crippen molar-refractivity contribution in [1.82, 2.24) is 0 Å². The number of rotatable bonds is 3. The fraction of sp³-hybridized carbons (Fsp3) is 0.333. The summed E-state index contributed by atoms with van der Waals surface area (Å²) in [7, 11) is -1.09. The molecule has 3 nitrogen and oxygen atoms in total. The van der Waals surface area contributed by atoms with Crippen molar-refractivity contribution in [3.05, 3.63) is 29.8 Å². The van der Waals surface area contributed by atoms with Crippen molar-refractivity contribution >= 4 is 15.5 Å². The van der Waals surface area contributed by atoms with Crippen LogP contribution in [0.25, 0.3) is 0 Å². The molecule has 0 aliphatic heterocycles. The zero-order chi connectivity index (χ0) is 9.90. The summed E-state index contributed by atoms with van der Waals surface area (Å²) < 4.78 is 21.9. The number of sulfone groups is 1. The van der Waals surface area contributed by atoms with E-state index in [4.69, 9.17) is 0 Å². The predicted octanol–water partition coefficient (Wildman–Crippen LogP) is 1.27. The maximum atomic E-state index is 10.9. The molecule has 0 spiro atoms. The van der Waals surface area contributed by atoms with Gasteiger partial charge >= 0.3 is 0 Å². The maximum Gasteiger partial charge on any atom is 0.151 e. The molecule has 4 heteroatoms. The van der Waals surface area contributed by atoms with E-state index in [1.165, 1.54) is 6.26 Å². The maximum absolute atomic E-state index is 10.9. The zero-order valence-corrected chi connectivity index (χ0v) is 8.56. The molecule has 0 unspecified atom stereocenters. The fourth-order valence-electron chi connectivity index (χ4n) is 1.07. The second kappa shape index (κ2) is 3.79. The highest BCUT2D eigenvalue weighted by Crippen LogP contribution is 2.10. The van der Waals surface area contributed by atoms with E-state index in [1.807, 2.05) is 31.3 Å². The smallest absolute Gasteiger partial charge is 0.151 e. The topological polar surface area (TPSA) is 46.2 Å². The third-order valence-electron chi connectivity index (χ3n) is 1.67. The minimum atomic E-state index is -2.92. The first-order valence-corrected chi connectivity index (χ1v) is 6.02. The Hall–Kier alpha value is -1.03. The van der Waals surface area contributed by atoms with Crippen LogP contribution in [0.3, 0.4) is 0 Å². The van der Waals surface area contributed by atoms with Crippen molar-refractivity contribution in [2.75, 3.05) is 18.6 Å². The molecule has 72 valence electrons. The van der Waals surface area contributed by atoms with Gasteiger partial charge in [-0.15, -0.1) is 0 Å². The van der Waals surface area contributed by atoms with Gasteiger partial charge in [-0.25, -0.2) is 8.42 Å². The molecule has 13 heavy (non-hydrogen) atoms. The summed E-state index contributed by atoms with van der Waals surface area (Å²) in [5.41, 5.74) is 1.80. The molecule has 1 aromatic carbocycles. The van der Waals surface area contributed by atoms with E-state index in [9.17, 15) is 8.42 Å². The molecule has 1 aromatic rings. The largest absolute Gasteiger partial charge is 0.388 e. The Morgan fingerprint density at radius 1 is 1.23 bits per heavy atom. The van der Waals surface area contributed by atoms with E-state index in [0.29, 0.717) is 0 Å². The standard InChI is InChI=1S/C9H13NO2S/c1-10-9-5-3-8(4-6-9)7-13(2,11)12/h3-6,10H,7H2,1-2H3. The normalized spacial score (nSPS) is 11.2.